The van der Waals surface area contributed by atoms with Gasteiger partial charge >= 0.3 is 0 Å². The summed E-state index contributed by atoms with van der Waals surface area (Å²) in [4.78, 5) is 18.7. The van der Waals surface area contributed by atoms with Crippen LogP contribution in [-0.2, 0) is 0 Å². The number of nitro benzene ring substituents is 1. The Morgan fingerprint density at radius 2 is 1.88 bits per heavy atom. The molecule has 0 bridgehead atoms. The third-order valence-corrected chi connectivity index (χ3v) is 4.02. The average Bonchev–Trinajstić information content (AvgIpc) is 2.61. The van der Waals surface area contributed by atoms with E-state index in [4.69, 9.17) is 10.5 Å². The highest BCUT2D eigenvalue weighted by Crippen LogP contribution is 2.33. The third kappa shape index (κ3) is 3.89. The summed E-state index contributed by atoms with van der Waals surface area (Å²) in [5, 5.41) is 13.8. The molecule has 0 saturated heterocycles. The Balaban J connectivity index is 1.95. The van der Waals surface area contributed by atoms with Crippen molar-refractivity contribution in [2.75, 3.05) is 18.2 Å². The highest BCUT2D eigenvalue weighted by Gasteiger charge is 2.12. The maximum Gasteiger partial charge on any atom is 0.269 e. The van der Waals surface area contributed by atoms with Gasteiger partial charge in [-0.1, -0.05) is 15.9 Å². The molecule has 132 valence electrons. The van der Waals surface area contributed by atoms with Crippen molar-refractivity contribution in [1.29, 1.82) is 0 Å². The number of hydrogen-bond acceptors (Lipinski definition) is 7. The van der Waals surface area contributed by atoms with Gasteiger partial charge in [0.05, 0.1) is 17.7 Å². The van der Waals surface area contributed by atoms with Gasteiger partial charge in [0.1, 0.15) is 11.6 Å². The Morgan fingerprint density at radius 1 is 1.15 bits per heavy atom. The highest BCUT2D eigenvalue weighted by atomic mass is 79.9. The molecule has 3 aromatic rings. The van der Waals surface area contributed by atoms with Crippen LogP contribution in [0.4, 0.5) is 23.1 Å². The van der Waals surface area contributed by atoms with Gasteiger partial charge in [0.25, 0.3) is 5.69 Å². The monoisotopic (exact) mass is 415 g/mol. The van der Waals surface area contributed by atoms with Gasteiger partial charge in [-0.25, -0.2) is 4.98 Å². The van der Waals surface area contributed by atoms with Crippen molar-refractivity contribution in [2.45, 2.75) is 0 Å². The minimum atomic E-state index is -0.454. The zero-order valence-corrected chi connectivity index (χ0v) is 15.2. The first kappa shape index (κ1) is 17.6. The standard InChI is InChI=1S/C17H14BrN5O3/c1-26-15-7-2-10(18)8-13(15)14-9-16(22-17(19)21-14)20-11-3-5-12(6-4-11)23(24)25/h2-9H,1H3,(H3,19,20,21,22). The lowest BCUT2D eigenvalue weighted by Gasteiger charge is -2.11. The van der Waals surface area contributed by atoms with E-state index in [0.29, 0.717) is 22.9 Å². The van der Waals surface area contributed by atoms with Crippen molar-refractivity contribution in [2.24, 2.45) is 0 Å². The van der Waals surface area contributed by atoms with Crippen LogP contribution in [0, 0.1) is 10.1 Å². The second-order valence-electron chi connectivity index (χ2n) is 5.27. The van der Waals surface area contributed by atoms with Gasteiger partial charge in [-0.15, -0.1) is 0 Å². The zero-order valence-electron chi connectivity index (χ0n) is 13.6. The molecule has 2 aromatic carbocycles. The van der Waals surface area contributed by atoms with Crippen LogP contribution in [0.5, 0.6) is 5.75 Å². The smallest absolute Gasteiger partial charge is 0.269 e. The number of aromatic nitrogens is 2. The number of ether oxygens (including phenoxy) is 1. The summed E-state index contributed by atoms with van der Waals surface area (Å²) in [6, 6.07) is 13.3. The summed E-state index contributed by atoms with van der Waals surface area (Å²) in [6.07, 6.45) is 0. The topological polar surface area (TPSA) is 116 Å². The molecule has 9 heteroatoms. The molecule has 1 heterocycles. The molecule has 0 radical (unpaired) electrons. The molecular formula is C17H14BrN5O3. The van der Waals surface area contributed by atoms with Gasteiger partial charge in [-0.3, -0.25) is 10.1 Å². The van der Waals surface area contributed by atoms with Crippen LogP contribution >= 0.6 is 15.9 Å². The first-order valence-electron chi connectivity index (χ1n) is 7.46. The molecule has 0 aliphatic heterocycles. The molecule has 0 atom stereocenters. The third-order valence-electron chi connectivity index (χ3n) is 3.53. The lowest BCUT2D eigenvalue weighted by Crippen LogP contribution is -2.02. The van der Waals surface area contributed by atoms with Crippen molar-refractivity contribution < 1.29 is 9.66 Å². The largest absolute Gasteiger partial charge is 0.496 e. The van der Waals surface area contributed by atoms with Crippen LogP contribution in [0.3, 0.4) is 0 Å². The number of nitrogens with zero attached hydrogens (tertiary/aromatic N) is 3. The van der Waals surface area contributed by atoms with Crippen molar-refractivity contribution >= 4 is 39.1 Å². The van der Waals surface area contributed by atoms with E-state index in [9.17, 15) is 10.1 Å². The van der Waals surface area contributed by atoms with E-state index in [0.717, 1.165) is 10.0 Å². The van der Waals surface area contributed by atoms with Crippen LogP contribution in [0.15, 0.2) is 53.0 Å². The maximum atomic E-state index is 10.7. The Labute approximate surface area is 157 Å². The van der Waals surface area contributed by atoms with Gasteiger partial charge in [0.2, 0.25) is 5.95 Å². The fourth-order valence-corrected chi connectivity index (χ4v) is 2.72. The molecule has 0 fully saturated rings. The number of nitrogen functional groups attached to an aromatic ring is 1. The second kappa shape index (κ2) is 7.36. The molecule has 0 unspecified atom stereocenters. The minimum Gasteiger partial charge on any atom is -0.496 e. The quantitative estimate of drug-likeness (QED) is 0.474. The predicted molar refractivity (Wildman–Crippen MR) is 103 cm³/mol. The van der Waals surface area contributed by atoms with Crippen molar-refractivity contribution in [1.82, 2.24) is 9.97 Å². The lowest BCUT2D eigenvalue weighted by atomic mass is 10.1. The van der Waals surface area contributed by atoms with E-state index in [2.05, 4.69) is 31.2 Å². The normalized spacial score (nSPS) is 10.4. The van der Waals surface area contributed by atoms with Gasteiger partial charge in [0, 0.05) is 33.9 Å². The number of benzene rings is 2. The predicted octanol–water partition coefficient (Wildman–Crippen LogP) is 4.15. The molecule has 3 N–H and O–H groups in total. The molecule has 0 aliphatic carbocycles. The zero-order chi connectivity index (χ0) is 18.7. The van der Waals surface area contributed by atoms with Crippen LogP contribution in [0.1, 0.15) is 0 Å². The van der Waals surface area contributed by atoms with Crippen molar-refractivity contribution in [3.05, 3.63) is 63.1 Å². The number of rotatable bonds is 5. The van der Waals surface area contributed by atoms with Crippen molar-refractivity contribution in [3.8, 4) is 17.0 Å². The Hall–Kier alpha value is -3.20. The Kier molecular flexibility index (Phi) is 4.99. The molecule has 0 amide bonds. The average molecular weight is 416 g/mol. The van der Waals surface area contributed by atoms with Gasteiger partial charge in [-0.05, 0) is 30.3 Å². The molecule has 26 heavy (non-hydrogen) atoms. The van der Waals surface area contributed by atoms with Gasteiger partial charge < -0.3 is 15.8 Å². The van der Waals surface area contributed by atoms with Crippen LogP contribution in [0.2, 0.25) is 0 Å². The first-order chi connectivity index (χ1) is 12.5. The second-order valence-corrected chi connectivity index (χ2v) is 6.19. The number of nitrogens with one attached hydrogen (secondary N) is 1. The fraction of sp³-hybridized carbons (Fsp3) is 0.0588. The Morgan fingerprint density at radius 3 is 2.54 bits per heavy atom. The number of nitrogens with two attached hydrogens (primary N) is 1. The number of nitro groups is 1. The molecule has 0 aliphatic rings. The number of non-ortho nitro benzene ring substituents is 1. The summed E-state index contributed by atoms with van der Waals surface area (Å²) in [5.74, 6) is 1.20. The van der Waals surface area contributed by atoms with E-state index in [-0.39, 0.29) is 11.6 Å². The van der Waals surface area contributed by atoms with E-state index in [1.807, 2.05) is 18.2 Å². The van der Waals surface area contributed by atoms with Crippen LogP contribution in [-0.4, -0.2) is 22.0 Å². The maximum absolute atomic E-state index is 10.7. The molecular weight excluding hydrogens is 402 g/mol. The van der Waals surface area contributed by atoms with Gasteiger partial charge in [-0.2, -0.15) is 4.98 Å². The van der Waals surface area contributed by atoms with Crippen LogP contribution in [0.25, 0.3) is 11.3 Å². The van der Waals surface area contributed by atoms with Gasteiger partial charge in [0.15, 0.2) is 0 Å². The highest BCUT2D eigenvalue weighted by molar-refractivity contribution is 9.10. The molecule has 8 nitrogen and oxygen atoms in total. The SMILES string of the molecule is COc1ccc(Br)cc1-c1cc(Nc2ccc([N+](=O)[O-])cc2)nc(N)n1. The summed E-state index contributed by atoms with van der Waals surface area (Å²) < 4.78 is 6.25. The first-order valence-corrected chi connectivity index (χ1v) is 8.25. The molecule has 0 saturated carbocycles. The lowest BCUT2D eigenvalue weighted by molar-refractivity contribution is -0.384. The number of halogens is 1. The van der Waals surface area contributed by atoms with E-state index in [1.54, 1.807) is 25.3 Å². The summed E-state index contributed by atoms with van der Waals surface area (Å²) in [5.41, 5.74) is 7.83. The summed E-state index contributed by atoms with van der Waals surface area (Å²) >= 11 is 3.43. The van der Waals surface area contributed by atoms with E-state index >= 15 is 0 Å². The number of methoxy groups -OCH3 is 1. The number of anilines is 3. The van der Waals surface area contributed by atoms with Crippen LogP contribution < -0.4 is 15.8 Å². The van der Waals surface area contributed by atoms with E-state index in [1.165, 1.54) is 12.1 Å². The Bertz CT molecular complexity index is 963. The molecule has 3 rings (SSSR count). The van der Waals surface area contributed by atoms with E-state index < -0.39 is 4.92 Å². The minimum absolute atomic E-state index is 0.0114. The molecule has 1 aromatic heterocycles. The summed E-state index contributed by atoms with van der Waals surface area (Å²) in [6.45, 7) is 0. The molecule has 0 spiro atoms. The summed E-state index contributed by atoms with van der Waals surface area (Å²) in [7, 11) is 1.58. The fourth-order valence-electron chi connectivity index (χ4n) is 2.36. The number of hydrogen-bond donors (Lipinski definition) is 2. The van der Waals surface area contributed by atoms with Crippen molar-refractivity contribution in [3.63, 3.8) is 0 Å².